The van der Waals surface area contributed by atoms with Crippen molar-refractivity contribution in [2.45, 2.75) is 19.4 Å². The number of carbonyl (C=O) groups excluding carboxylic acids is 1. The second-order valence-electron chi connectivity index (χ2n) is 6.14. The van der Waals surface area contributed by atoms with Gasteiger partial charge in [0.1, 0.15) is 11.6 Å². The third-order valence-electron chi connectivity index (χ3n) is 4.20. The van der Waals surface area contributed by atoms with Crippen molar-refractivity contribution in [3.8, 4) is 0 Å². The second-order valence-corrected chi connectivity index (χ2v) is 6.14. The van der Waals surface area contributed by atoms with Crippen LogP contribution in [0.3, 0.4) is 0 Å². The van der Waals surface area contributed by atoms with Gasteiger partial charge >= 0.3 is 0 Å². The molecule has 0 spiro atoms. The van der Waals surface area contributed by atoms with E-state index >= 15 is 0 Å². The predicted octanol–water partition coefficient (Wildman–Crippen LogP) is 4.21. The first-order valence-electron chi connectivity index (χ1n) is 8.36. The van der Waals surface area contributed by atoms with Crippen LogP contribution in [-0.2, 0) is 11.3 Å². The van der Waals surface area contributed by atoms with E-state index in [1.54, 1.807) is 6.07 Å². The molecule has 3 rings (SSSR count). The second kappa shape index (κ2) is 8.03. The van der Waals surface area contributed by atoms with Crippen LogP contribution in [0.25, 0.3) is 6.08 Å². The number of halogens is 2. The summed E-state index contributed by atoms with van der Waals surface area (Å²) in [6.07, 6.45) is 4.74. The number of nitrogens with zero attached hydrogens (tertiary/aromatic N) is 1. The van der Waals surface area contributed by atoms with Crippen molar-refractivity contribution in [1.29, 1.82) is 0 Å². The Kier molecular flexibility index (Phi) is 5.56. The molecule has 0 bridgehead atoms. The van der Waals surface area contributed by atoms with Gasteiger partial charge in [-0.2, -0.15) is 0 Å². The molecule has 1 saturated heterocycles. The summed E-state index contributed by atoms with van der Waals surface area (Å²) >= 11 is 0. The molecular weight excluding hydrogens is 322 g/mol. The molecule has 1 heterocycles. The molecule has 0 aromatic heterocycles. The normalized spacial score (nSPS) is 15.0. The van der Waals surface area contributed by atoms with Gasteiger partial charge in [0, 0.05) is 23.9 Å². The molecule has 2 aromatic carbocycles. The Hall–Kier alpha value is -2.53. The van der Waals surface area contributed by atoms with Gasteiger partial charge in [0.2, 0.25) is 5.91 Å². The number of anilines is 1. The molecule has 1 fully saturated rings. The van der Waals surface area contributed by atoms with Crippen LogP contribution in [0.1, 0.15) is 24.0 Å². The maximum atomic E-state index is 13.5. The van der Waals surface area contributed by atoms with Crippen LogP contribution in [0.2, 0.25) is 0 Å². The molecule has 1 N–H and O–H groups in total. The molecule has 130 valence electrons. The van der Waals surface area contributed by atoms with Gasteiger partial charge in [-0.25, -0.2) is 8.78 Å². The fourth-order valence-corrected chi connectivity index (χ4v) is 2.96. The number of benzene rings is 2. The van der Waals surface area contributed by atoms with Crippen molar-refractivity contribution in [2.75, 3.05) is 18.4 Å². The first kappa shape index (κ1) is 17.3. The van der Waals surface area contributed by atoms with Crippen LogP contribution in [0.15, 0.2) is 48.5 Å². The lowest BCUT2D eigenvalue weighted by molar-refractivity contribution is -0.111. The zero-order valence-electron chi connectivity index (χ0n) is 13.8. The number of likely N-dealkylation sites (tertiary alicyclic amines) is 1. The van der Waals surface area contributed by atoms with E-state index in [-0.39, 0.29) is 5.56 Å². The van der Waals surface area contributed by atoms with E-state index in [0.29, 0.717) is 5.69 Å². The Morgan fingerprint density at radius 3 is 2.48 bits per heavy atom. The Balaban J connectivity index is 1.63. The highest BCUT2D eigenvalue weighted by Gasteiger charge is 2.12. The zero-order valence-corrected chi connectivity index (χ0v) is 13.8. The van der Waals surface area contributed by atoms with Crippen LogP contribution < -0.4 is 5.32 Å². The Labute approximate surface area is 146 Å². The van der Waals surface area contributed by atoms with Gasteiger partial charge in [-0.1, -0.05) is 18.2 Å². The molecule has 25 heavy (non-hydrogen) atoms. The summed E-state index contributed by atoms with van der Waals surface area (Å²) in [5, 5.41) is 2.73. The van der Waals surface area contributed by atoms with Crippen LogP contribution in [-0.4, -0.2) is 23.9 Å². The Bertz CT molecular complexity index is 763. The minimum atomic E-state index is -0.698. The minimum Gasteiger partial charge on any atom is -0.323 e. The number of amides is 1. The fourth-order valence-electron chi connectivity index (χ4n) is 2.96. The van der Waals surface area contributed by atoms with Crippen LogP contribution >= 0.6 is 0 Å². The standard InChI is InChI=1S/C20H20F2N2O/c21-18-7-4-8-19(22)17(18)9-10-20(25)23-16-6-3-5-15(13-16)14-24-11-1-2-12-24/h3-10,13H,1-2,11-12,14H2,(H,23,25)/b10-9+. The largest absolute Gasteiger partial charge is 0.323 e. The maximum absolute atomic E-state index is 13.5. The molecule has 0 aliphatic carbocycles. The van der Waals surface area contributed by atoms with Gasteiger partial charge in [0.25, 0.3) is 0 Å². The van der Waals surface area contributed by atoms with Crippen LogP contribution in [0.5, 0.6) is 0 Å². The molecule has 1 amide bonds. The fraction of sp³-hybridized carbons (Fsp3) is 0.250. The summed E-state index contributed by atoms with van der Waals surface area (Å²) in [5.41, 5.74) is 1.57. The molecule has 3 nitrogen and oxygen atoms in total. The minimum absolute atomic E-state index is 0.222. The van der Waals surface area contributed by atoms with Crippen molar-refractivity contribution < 1.29 is 13.6 Å². The third kappa shape index (κ3) is 4.73. The molecule has 0 saturated carbocycles. The number of hydrogen-bond acceptors (Lipinski definition) is 2. The number of rotatable bonds is 5. The average molecular weight is 342 g/mol. The topological polar surface area (TPSA) is 32.3 Å². The lowest BCUT2D eigenvalue weighted by atomic mass is 10.1. The van der Waals surface area contributed by atoms with Crippen molar-refractivity contribution in [1.82, 2.24) is 4.90 Å². The third-order valence-corrected chi connectivity index (χ3v) is 4.20. The van der Waals surface area contributed by atoms with Gasteiger partial charge in [-0.05, 0) is 61.8 Å². The Morgan fingerprint density at radius 2 is 1.76 bits per heavy atom. The lowest BCUT2D eigenvalue weighted by Gasteiger charge is -2.15. The number of carbonyl (C=O) groups is 1. The SMILES string of the molecule is O=C(/C=C/c1c(F)cccc1F)Nc1cccc(CN2CCCC2)c1. The highest BCUT2D eigenvalue weighted by Crippen LogP contribution is 2.17. The van der Waals surface area contributed by atoms with Crippen molar-refractivity contribution in [2.24, 2.45) is 0 Å². The van der Waals surface area contributed by atoms with Gasteiger partial charge in [0.05, 0.1) is 0 Å². The van der Waals surface area contributed by atoms with E-state index in [1.807, 2.05) is 18.2 Å². The predicted molar refractivity (Wildman–Crippen MR) is 95.0 cm³/mol. The van der Waals surface area contributed by atoms with Crippen molar-refractivity contribution in [3.05, 3.63) is 71.3 Å². The van der Waals surface area contributed by atoms with Crippen LogP contribution in [0, 0.1) is 11.6 Å². The first-order chi connectivity index (χ1) is 12.1. The van der Waals surface area contributed by atoms with Crippen molar-refractivity contribution >= 4 is 17.7 Å². The van der Waals surface area contributed by atoms with E-state index in [0.717, 1.165) is 49.5 Å². The molecule has 2 aromatic rings. The first-order valence-corrected chi connectivity index (χ1v) is 8.36. The molecule has 1 aliphatic rings. The number of hydrogen-bond donors (Lipinski definition) is 1. The summed E-state index contributed by atoms with van der Waals surface area (Å²) in [5.74, 6) is -1.82. The highest BCUT2D eigenvalue weighted by atomic mass is 19.1. The summed E-state index contributed by atoms with van der Waals surface area (Å²) in [6, 6.07) is 11.2. The van der Waals surface area contributed by atoms with Gasteiger partial charge in [-0.3, -0.25) is 9.69 Å². The van der Waals surface area contributed by atoms with Crippen LogP contribution in [0.4, 0.5) is 14.5 Å². The maximum Gasteiger partial charge on any atom is 0.248 e. The number of nitrogens with one attached hydrogen (secondary N) is 1. The molecule has 0 radical (unpaired) electrons. The molecule has 1 aliphatic heterocycles. The van der Waals surface area contributed by atoms with Gasteiger partial charge in [0.15, 0.2) is 0 Å². The van der Waals surface area contributed by atoms with E-state index in [1.165, 1.54) is 18.9 Å². The summed E-state index contributed by atoms with van der Waals surface area (Å²) in [4.78, 5) is 14.4. The summed E-state index contributed by atoms with van der Waals surface area (Å²) in [7, 11) is 0. The average Bonchev–Trinajstić information content (AvgIpc) is 3.07. The molecule has 0 atom stereocenters. The Morgan fingerprint density at radius 1 is 1.08 bits per heavy atom. The van der Waals surface area contributed by atoms with E-state index < -0.39 is 17.5 Å². The smallest absolute Gasteiger partial charge is 0.248 e. The highest BCUT2D eigenvalue weighted by molar-refractivity contribution is 6.02. The molecule has 5 heteroatoms. The zero-order chi connectivity index (χ0) is 17.6. The van der Waals surface area contributed by atoms with Crippen molar-refractivity contribution in [3.63, 3.8) is 0 Å². The summed E-state index contributed by atoms with van der Waals surface area (Å²) < 4.78 is 27.1. The molecular formula is C20H20F2N2O. The lowest BCUT2D eigenvalue weighted by Crippen LogP contribution is -2.18. The monoisotopic (exact) mass is 342 g/mol. The van der Waals surface area contributed by atoms with Gasteiger partial charge < -0.3 is 5.32 Å². The van der Waals surface area contributed by atoms with E-state index in [9.17, 15) is 13.6 Å². The quantitative estimate of drug-likeness (QED) is 0.826. The van der Waals surface area contributed by atoms with E-state index in [4.69, 9.17) is 0 Å². The summed E-state index contributed by atoms with van der Waals surface area (Å²) in [6.45, 7) is 3.07. The van der Waals surface area contributed by atoms with Gasteiger partial charge in [-0.15, -0.1) is 0 Å². The van der Waals surface area contributed by atoms with E-state index in [2.05, 4.69) is 10.2 Å². The molecule has 0 unspecified atom stereocenters.